The molecule has 1 aromatic carbocycles. The highest BCUT2D eigenvalue weighted by atomic mass is 32.2. The van der Waals surface area contributed by atoms with Crippen molar-refractivity contribution < 1.29 is 17.6 Å². The number of hydrogen-bond donors (Lipinski definition) is 0. The molecule has 0 radical (unpaired) electrons. The number of carbonyl (C=O) groups is 1. The molecule has 0 aromatic heterocycles. The van der Waals surface area contributed by atoms with Crippen molar-refractivity contribution in [1.29, 1.82) is 0 Å². The summed E-state index contributed by atoms with van der Waals surface area (Å²) in [4.78, 5) is 16.4. The topological polar surface area (TPSA) is 57.7 Å². The van der Waals surface area contributed by atoms with E-state index < -0.39 is 9.84 Å². The molecule has 0 bridgehead atoms. The van der Waals surface area contributed by atoms with Crippen LogP contribution in [-0.4, -0.2) is 67.9 Å². The number of rotatable bonds is 2. The number of benzene rings is 1. The summed E-state index contributed by atoms with van der Waals surface area (Å²) in [6, 6.07) is 4.26. The maximum absolute atomic E-state index is 13.3. The van der Waals surface area contributed by atoms with Crippen LogP contribution in [0.25, 0.3) is 0 Å². The van der Waals surface area contributed by atoms with E-state index in [4.69, 9.17) is 0 Å². The van der Waals surface area contributed by atoms with Gasteiger partial charge in [-0.3, -0.25) is 9.69 Å². The van der Waals surface area contributed by atoms with E-state index in [1.165, 1.54) is 6.07 Å². The summed E-state index contributed by atoms with van der Waals surface area (Å²) in [5.74, 6) is -0.219. The highest BCUT2D eigenvalue weighted by molar-refractivity contribution is 7.91. The van der Waals surface area contributed by atoms with Gasteiger partial charge in [0.15, 0.2) is 9.84 Å². The van der Waals surface area contributed by atoms with Crippen molar-refractivity contribution in [2.75, 3.05) is 31.6 Å². The molecule has 2 heterocycles. The Labute approximate surface area is 136 Å². The number of hydrogen-bond acceptors (Lipinski definition) is 4. The van der Waals surface area contributed by atoms with Crippen LogP contribution < -0.4 is 0 Å². The molecule has 1 amide bonds. The Morgan fingerprint density at radius 3 is 2.65 bits per heavy atom. The molecule has 0 unspecified atom stereocenters. The molecule has 0 N–H and O–H groups in total. The molecule has 3 rings (SSSR count). The monoisotopic (exact) mass is 340 g/mol. The maximum Gasteiger partial charge on any atom is 0.227 e. The fraction of sp³-hybridized carbons (Fsp3) is 0.562. The molecule has 2 fully saturated rings. The molecule has 126 valence electrons. The van der Waals surface area contributed by atoms with Gasteiger partial charge >= 0.3 is 0 Å². The minimum absolute atomic E-state index is 0.0379. The minimum atomic E-state index is -3.10. The smallest absolute Gasteiger partial charge is 0.227 e. The van der Waals surface area contributed by atoms with Crippen LogP contribution in [0, 0.1) is 12.7 Å². The zero-order valence-electron chi connectivity index (χ0n) is 13.3. The molecule has 23 heavy (non-hydrogen) atoms. The second kappa shape index (κ2) is 5.87. The highest BCUT2D eigenvalue weighted by Gasteiger charge is 2.46. The molecule has 2 aliphatic rings. The van der Waals surface area contributed by atoms with E-state index >= 15 is 0 Å². The molecule has 7 heteroatoms. The van der Waals surface area contributed by atoms with Gasteiger partial charge in [-0.15, -0.1) is 0 Å². The Balaban J connectivity index is 1.77. The molecule has 2 atom stereocenters. The maximum atomic E-state index is 13.3. The number of amides is 1. The molecule has 5 nitrogen and oxygen atoms in total. The normalized spacial score (nSPS) is 27.0. The van der Waals surface area contributed by atoms with Crippen molar-refractivity contribution in [3.8, 4) is 0 Å². The first kappa shape index (κ1) is 16.4. The van der Waals surface area contributed by atoms with Gasteiger partial charge in [-0.1, -0.05) is 12.1 Å². The molecule has 0 spiro atoms. The zero-order valence-corrected chi connectivity index (χ0v) is 14.1. The first-order valence-electron chi connectivity index (χ1n) is 7.72. The van der Waals surface area contributed by atoms with E-state index in [1.54, 1.807) is 24.0 Å². The first-order chi connectivity index (χ1) is 10.8. The van der Waals surface area contributed by atoms with E-state index in [0.29, 0.717) is 18.7 Å². The van der Waals surface area contributed by atoms with E-state index in [-0.39, 0.29) is 41.7 Å². The average molecular weight is 340 g/mol. The van der Waals surface area contributed by atoms with Crippen molar-refractivity contribution in [1.82, 2.24) is 9.80 Å². The van der Waals surface area contributed by atoms with E-state index in [9.17, 15) is 17.6 Å². The van der Waals surface area contributed by atoms with Gasteiger partial charge in [0.2, 0.25) is 5.91 Å². The lowest BCUT2D eigenvalue weighted by Crippen LogP contribution is -2.59. The zero-order chi connectivity index (χ0) is 16.8. The average Bonchev–Trinajstić information content (AvgIpc) is 2.79. The van der Waals surface area contributed by atoms with Crippen molar-refractivity contribution in [2.24, 2.45) is 0 Å². The SMILES string of the molecule is Cc1cc(CC(=O)N2CCN(C)[C@@H]3CS(=O)(=O)C[C@@H]32)ccc1F. The molecule has 0 aliphatic carbocycles. The molecule has 0 saturated carbocycles. The number of carbonyl (C=O) groups excluding carboxylic acids is 1. The van der Waals surface area contributed by atoms with Crippen molar-refractivity contribution in [3.63, 3.8) is 0 Å². The van der Waals surface area contributed by atoms with E-state index in [2.05, 4.69) is 0 Å². The lowest BCUT2D eigenvalue weighted by molar-refractivity contribution is -0.135. The number of fused-ring (bicyclic) bond motifs is 1. The molecule has 2 aliphatic heterocycles. The number of halogens is 1. The Kier molecular flexibility index (Phi) is 4.18. The lowest BCUT2D eigenvalue weighted by Gasteiger charge is -2.42. The van der Waals surface area contributed by atoms with Gasteiger partial charge in [0, 0.05) is 19.1 Å². The standard InChI is InChI=1S/C16H21FN2O3S/c1-11-7-12(3-4-13(11)17)8-16(20)19-6-5-18(2)14-9-23(21,22)10-15(14)19/h3-4,7,14-15H,5-6,8-10H2,1-2H3/t14-,15+/m1/s1. The Morgan fingerprint density at radius 1 is 1.26 bits per heavy atom. The van der Waals surface area contributed by atoms with E-state index in [1.807, 2.05) is 11.9 Å². The van der Waals surface area contributed by atoms with Gasteiger partial charge in [-0.2, -0.15) is 0 Å². The second-order valence-electron chi connectivity index (χ2n) is 6.54. The summed E-state index contributed by atoms with van der Waals surface area (Å²) in [5.41, 5.74) is 1.26. The predicted octanol–water partition coefficient (Wildman–Crippen LogP) is 0.616. The van der Waals surface area contributed by atoms with E-state index in [0.717, 1.165) is 5.56 Å². The van der Waals surface area contributed by atoms with Crippen molar-refractivity contribution >= 4 is 15.7 Å². The van der Waals surface area contributed by atoms with Crippen LogP contribution in [-0.2, 0) is 21.1 Å². The number of nitrogens with zero attached hydrogens (tertiary/aromatic N) is 2. The van der Waals surface area contributed by atoms with Crippen LogP contribution in [0.4, 0.5) is 4.39 Å². The molecule has 2 saturated heterocycles. The Morgan fingerprint density at radius 2 is 1.96 bits per heavy atom. The summed E-state index contributed by atoms with van der Waals surface area (Å²) in [5, 5.41) is 0. The lowest BCUT2D eigenvalue weighted by atomic mass is 10.0. The third-order valence-electron chi connectivity index (χ3n) is 4.85. The second-order valence-corrected chi connectivity index (χ2v) is 8.69. The summed E-state index contributed by atoms with van der Waals surface area (Å²) >= 11 is 0. The fourth-order valence-corrected chi connectivity index (χ4v) is 5.58. The number of likely N-dealkylation sites (N-methyl/N-ethyl adjacent to an activating group) is 1. The van der Waals surface area contributed by atoms with Crippen molar-refractivity contribution in [2.45, 2.75) is 25.4 Å². The van der Waals surface area contributed by atoms with Crippen LogP contribution >= 0.6 is 0 Å². The highest BCUT2D eigenvalue weighted by Crippen LogP contribution is 2.26. The van der Waals surface area contributed by atoms with Crippen LogP contribution in [0.1, 0.15) is 11.1 Å². The number of piperazine rings is 1. The van der Waals surface area contributed by atoms with Crippen LogP contribution in [0.2, 0.25) is 0 Å². The van der Waals surface area contributed by atoms with Crippen molar-refractivity contribution in [3.05, 3.63) is 35.1 Å². The van der Waals surface area contributed by atoms with Crippen LogP contribution in [0.5, 0.6) is 0 Å². The predicted molar refractivity (Wildman–Crippen MR) is 85.4 cm³/mol. The van der Waals surface area contributed by atoms with Crippen LogP contribution in [0.3, 0.4) is 0 Å². The minimum Gasteiger partial charge on any atom is -0.336 e. The molecular weight excluding hydrogens is 319 g/mol. The van der Waals surface area contributed by atoms with Crippen LogP contribution in [0.15, 0.2) is 18.2 Å². The third-order valence-corrected chi connectivity index (χ3v) is 6.55. The summed E-state index contributed by atoms with van der Waals surface area (Å²) in [6.07, 6.45) is 0.175. The largest absolute Gasteiger partial charge is 0.336 e. The summed E-state index contributed by atoms with van der Waals surface area (Å²) in [7, 11) is -1.19. The first-order valence-corrected chi connectivity index (χ1v) is 9.54. The van der Waals surface area contributed by atoms with Gasteiger partial charge in [0.25, 0.3) is 0 Å². The van der Waals surface area contributed by atoms with Gasteiger partial charge in [0.1, 0.15) is 5.82 Å². The third kappa shape index (κ3) is 3.26. The van der Waals surface area contributed by atoms with Gasteiger partial charge in [-0.05, 0) is 31.2 Å². The number of aryl methyl sites for hydroxylation is 1. The van der Waals surface area contributed by atoms with Gasteiger partial charge in [-0.25, -0.2) is 12.8 Å². The quantitative estimate of drug-likeness (QED) is 0.792. The molecule has 1 aromatic rings. The fourth-order valence-electron chi connectivity index (χ4n) is 3.53. The Bertz CT molecular complexity index is 735. The Hall–Kier alpha value is -1.47. The number of sulfone groups is 1. The summed E-state index contributed by atoms with van der Waals surface area (Å²) < 4.78 is 37.2. The van der Waals surface area contributed by atoms with Gasteiger partial charge < -0.3 is 4.90 Å². The molecular formula is C16H21FN2O3S. The summed E-state index contributed by atoms with van der Waals surface area (Å²) in [6.45, 7) is 2.87. The van der Waals surface area contributed by atoms with Gasteiger partial charge in [0.05, 0.1) is 24.0 Å².